The van der Waals surface area contributed by atoms with Crippen molar-refractivity contribution in [2.24, 2.45) is 0 Å². The molecule has 0 fully saturated rings. The van der Waals surface area contributed by atoms with Crippen LogP contribution < -0.4 is 11.1 Å². The van der Waals surface area contributed by atoms with Crippen molar-refractivity contribution in [3.8, 4) is 0 Å². The molecule has 0 unspecified atom stereocenters. The molecule has 0 saturated carbocycles. The van der Waals surface area contributed by atoms with Crippen molar-refractivity contribution in [1.29, 1.82) is 0 Å². The summed E-state index contributed by atoms with van der Waals surface area (Å²) in [6.45, 7) is 2.89. The van der Waals surface area contributed by atoms with Crippen molar-refractivity contribution in [2.75, 3.05) is 18.1 Å². The first-order chi connectivity index (χ1) is 12.0. The summed E-state index contributed by atoms with van der Waals surface area (Å²) in [7, 11) is 1.91. The number of nitrogens with two attached hydrogens (primary N) is 1. The highest BCUT2D eigenvalue weighted by molar-refractivity contribution is 5.53. The van der Waals surface area contributed by atoms with Gasteiger partial charge in [0.15, 0.2) is 0 Å². The van der Waals surface area contributed by atoms with E-state index in [4.69, 9.17) is 10.3 Å². The van der Waals surface area contributed by atoms with Crippen LogP contribution in [0.3, 0.4) is 0 Å². The van der Waals surface area contributed by atoms with Crippen molar-refractivity contribution in [3.05, 3.63) is 53.4 Å². The van der Waals surface area contributed by atoms with Gasteiger partial charge in [0, 0.05) is 18.3 Å². The van der Waals surface area contributed by atoms with Crippen molar-refractivity contribution < 1.29 is 8.91 Å². The average molecular weight is 343 g/mol. The average Bonchev–Trinajstić information content (AvgIpc) is 2.94. The summed E-state index contributed by atoms with van der Waals surface area (Å²) in [6, 6.07) is 7.75. The van der Waals surface area contributed by atoms with Gasteiger partial charge in [0.1, 0.15) is 17.4 Å². The Morgan fingerprint density at radius 1 is 1.16 bits per heavy atom. The fourth-order valence-electron chi connectivity index (χ4n) is 2.29. The van der Waals surface area contributed by atoms with E-state index in [1.54, 1.807) is 12.1 Å². The van der Waals surface area contributed by atoms with Crippen LogP contribution in [0, 0.1) is 12.7 Å². The van der Waals surface area contributed by atoms with Crippen molar-refractivity contribution in [2.45, 2.75) is 20.0 Å². The molecule has 0 aliphatic heterocycles. The predicted octanol–water partition coefficient (Wildman–Crippen LogP) is 2.26. The SMILES string of the molecule is Cc1cc(CN(C)Cc2nc(N)nc(Nc3ccc(F)cc3)n2)no1. The minimum atomic E-state index is -0.314. The van der Waals surface area contributed by atoms with Gasteiger partial charge in [-0.3, -0.25) is 4.90 Å². The molecule has 3 aromatic rings. The van der Waals surface area contributed by atoms with Crippen LogP contribution in [-0.4, -0.2) is 32.1 Å². The van der Waals surface area contributed by atoms with E-state index in [-0.39, 0.29) is 11.8 Å². The summed E-state index contributed by atoms with van der Waals surface area (Å²) in [4.78, 5) is 14.5. The number of benzene rings is 1. The summed E-state index contributed by atoms with van der Waals surface area (Å²) >= 11 is 0. The van der Waals surface area contributed by atoms with Gasteiger partial charge in [0.05, 0.1) is 12.2 Å². The molecule has 3 rings (SSSR count). The second-order valence-electron chi connectivity index (χ2n) is 5.67. The standard InChI is InChI=1S/C16H18FN7O/c1-10-7-13(23-25-10)8-24(2)9-14-20-15(18)22-16(21-14)19-12-5-3-11(17)4-6-12/h3-7H,8-9H2,1-2H3,(H3,18,19,20,21,22). The van der Waals surface area contributed by atoms with Gasteiger partial charge in [-0.15, -0.1) is 0 Å². The Balaban J connectivity index is 1.69. The molecule has 0 aliphatic carbocycles. The number of rotatable bonds is 6. The Bertz CT molecular complexity index is 850. The van der Waals surface area contributed by atoms with Crippen LogP contribution in [0.1, 0.15) is 17.3 Å². The molecule has 9 heteroatoms. The van der Waals surface area contributed by atoms with Gasteiger partial charge in [-0.25, -0.2) is 4.39 Å². The number of hydrogen-bond donors (Lipinski definition) is 2. The van der Waals surface area contributed by atoms with E-state index in [1.165, 1.54) is 12.1 Å². The lowest BCUT2D eigenvalue weighted by molar-refractivity contribution is 0.295. The summed E-state index contributed by atoms with van der Waals surface area (Å²) in [5.74, 6) is 1.38. The first kappa shape index (κ1) is 16.8. The van der Waals surface area contributed by atoms with E-state index >= 15 is 0 Å². The van der Waals surface area contributed by atoms with Crippen LogP contribution >= 0.6 is 0 Å². The van der Waals surface area contributed by atoms with Gasteiger partial charge in [-0.2, -0.15) is 15.0 Å². The Hall–Kier alpha value is -3.07. The third kappa shape index (κ3) is 4.70. The fraction of sp³-hybridized carbons (Fsp3) is 0.250. The smallest absolute Gasteiger partial charge is 0.232 e. The number of aromatic nitrogens is 4. The zero-order valence-corrected chi connectivity index (χ0v) is 13.9. The largest absolute Gasteiger partial charge is 0.368 e. The van der Waals surface area contributed by atoms with Gasteiger partial charge in [-0.05, 0) is 38.2 Å². The number of nitrogen functional groups attached to an aromatic ring is 1. The summed E-state index contributed by atoms with van der Waals surface area (Å²) < 4.78 is 18.0. The molecule has 130 valence electrons. The molecule has 0 saturated heterocycles. The monoisotopic (exact) mass is 343 g/mol. The van der Waals surface area contributed by atoms with Gasteiger partial charge in [-0.1, -0.05) is 5.16 Å². The summed E-state index contributed by atoms with van der Waals surface area (Å²) in [5.41, 5.74) is 7.24. The maximum Gasteiger partial charge on any atom is 0.232 e. The van der Waals surface area contributed by atoms with Crippen LogP contribution in [0.5, 0.6) is 0 Å². The minimum Gasteiger partial charge on any atom is -0.368 e. The normalized spacial score (nSPS) is 11.0. The highest BCUT2D eigenvalue weighted by Crippen LogP contribution is 2.15. The fourth-order valence-corrected chi connectivity index (χ4v) is 2.29. The van der Waals surface area contributed by atoms with Crippen LogP contribution in [0.4, 0.5) is 22.0 Å². The van der Waals surface area contributed by atoms with E-state index in [0.717, 1.165) is 11.5 Å². The molecule has 0 amide bonds. The number of aryl methyl sites for hydroxylation is 1. The van der Waals surface area contributed by atoms with E-state index in [1.807, 2.05) is 24.9 Å². The Morgan fingerprint density at radius 2 is 1.92 bits per heavy atom. The topological polar surface area (TPSA) is 106 Å². The Kier molecular flexibility index (Phi) is 4.85. The van der Waals surface area contributed by atoms with E-state index in [0.29, 0.717) is 30.5 Å². The zero-order chi connectivity index (χ0) is 17.8. The molecule has 0 radical (unpaired) electrons. The van der Waals surface area contributed by atoms with Gasteiger partial charge in [0.2, 0.25) is 11.9 Å². The lowest BCUT2D eigenvalue weighted by atomic mass is 10.3. The minimum absolute atomic E-state index is 0.111. The van der Waals surface area contributed by atoms with Gasteiger partial charge >= 0.3 is 0 Å². The van der Waals surface area contributed by atoms with E-state index in [2.05, 4.69) is 25.4 Å². The lowest BCUT2D eigenvalue weighted by Gasteiger charge is -2.14. The molecule has 2 heterocycles. The molecule has 0 aliphatic rings. The van der Waals surface area contributed by atoms with Crippen LogP contribution in [0.25, 0.3) is 0 Å². The number of anilines is 3. The quantitative estimate of drug-likeness (QED) is 0.702. The van der Waals surface area contributed by atoms with Crippen molar-refractivity contribution in [1.82, 2.24) is 25.0 Å². The molecule has 25 heavy (non-hydrogen) atoms. The first-order valence-electron chi connectivity index (χ1n) is 7.62. The molecule has 0 spiro atoms. The van der Waals surface area contributed by atoms with Gasteiger partial charge < -0.3 is 15.6 Å². The number of nitrogens with one attached hydrogen (secondary N) is 1. The van der Waals surface area contributed by atoms with E-state index in [9.17, 15) is 4.39 Å². The summed E-state index contributed by atoms with van der Waals surface area (Å²) in [5, 5.41) is 6.94. The second kappa shape index (κ2) is 7.22. The highest BCUT2D eigenvalue weighted by atomic mass is 19.1. The third-order valence-electron chi connectivity index (χ3n) is 3.32. The van der Waals surface area contributed by atoms with Gasteiger partial charge in [0.25, 0.3) is 0 Å². The second-order valence-corrected chi connectivity index (χ2v) is 5.67. The Morgan fingerprint density at radius 3 is 2.60 bits per heavy atom. The molecular formula is C16H18FN7O. The third-order valence-corrected chi connectivity index (χ3v) is 3.32. The molecule has 8 nitrogen and oxygen atoms in total. The van der Waals surface area contributed by atoms with E-state index < -0.39 is 0 Å². The Labute approximate surface area is 143 Å². The summed E-state index contributed by atoms with van der Waals surface area (Å²) in [6.07, 6.45) is 0. The molecule has 3 N–H and O–H groups in total. The molecular weight excluding hydrogens is 325 g/mol. The number of hydrogen-bond acceptors (Lipinski definition) is 8. The molecule has 1 aromatic carbocycles. The number of nitrogens with zero attached hydrogens (tertiary/aromatic N) is 5. The molecule has 0 atom stereocenters. The molecule has 0 bridgehead atoms. The number of halogens is 1. The lowest BCUT2D eigenvalue weighted by Crippen LogP contribution is -2.20. The van der Waals surface area contributed by atoms with Crippen LogP contribution in [0.15, 0.2) is 34.9 Å². The first-order valence-corrected chi connectivity index (χ1v) is 7.62. The maximum absolute atomic E-state index is 13.0. The van der Waals surface area contributed by atoms with Crippen molar-refractivity contribution in [3.63, 3.8) is 0 Å². The molecule has 2 aromatic heterocycles. The highest BCUT2D eigenvalue weighted by Gasteiger charge is 2.10. The van der Waals surface area contributed by atoms with Crippen LogP contribution in [0.2, 0.25) is 0 Å². The van der Waals surface area contributed by atoms with Crippen LogP contribution in [-0.2, 0) is 13.1 Å². The predicted molar refractivity (Wildman–Crippen MR) is 90.3 cm³/mol. The zero-order valence-electron chi connectivity index (χ0n) is 13.9. The van der Waals surface area contributed by atoms with Crippen molar-refractivity contribution >= 4 is 17.6 Å². The maximum atomic E-state index is 13.0.